The maximum Gasteiger partial charge on any atom is 0.340 e. The summed E-state index contributed by atoms with van der Waals surface area (Å²) in [4.78, 5) is 17.0. The molecule has 0 saturated heterocycles. The van der Waals surface area contributed by atoms with Gasteiger partial charge in [0.25, 0.3) is 5.76 Å². The number of hydrogen-bond acceptors (Lipinski definition) is 5. The Labute approximate surface area is 159 Å². The number of nitrogens with one attached hydrogen (secondary N) is 1. The van der Waals surface area contributed by atoms with Crippen molar-refractivity contribution in [1.82, 2.24) is 4.98 Å². The number of para-hydroxylation sites is 1. The molecule has 7 heteroatoms. The van der Waals surface area contributed by atoms with E-state index in [-0.39, 0.29) is 6.61 Å². The van der Waals surface area contributed by atoms with Crippen LogP contribution in [0.5, 0.6) is 0 Å². The summed E-state index contributed by atoms with van der Waals surface area (Å²) in [5.74, 6) is -2.94. The SMILES string of the molecule is O=C(OCc1ccccn1)c1ccccc1Nc1ccc(SC(F)F)cc1. The number of carbonyl (C=O) groups is 1. The van der Waals surface area contributed by atoms with Crippen molar-refractivity contribution < 1.29 is 18.3 Å². The molecule has 1 aromatic heterocycles. The molecule has 3 rings (SSSR count). The lowest BCUT2D eigenvalue weighted by atomic mass is 10.1. The second-order valence-electron chi connectivity index (χ2n) is 5.47. The quantitative estimate of drug-likeness (QED) is 0.429. The van der Waals surface area contributed by atoms with Gasteiger partial charge in [-0.2, -0.15) is 8.78 Å². The number of halogens is 2. The van der Waals surface area contributed by atoms with Crippen molar-refractivity contribution in [2.45, 2.75) is 17.3 Å². The molecule has 0 aliphatic heterocycles. The molecule has 27 heavy (non-hydrogen) atoms. The molecule has 0 saturated carbocycles. The first-order chi connectivity index (χ1) is 13.1. The summed E-state index contributed by atoms with van der Waals surface area (Å²) in [5.41, 5.74) is 2.28. The maximum atomic E-state index is 12.4. The molecule has 0 bridgehead atoms. The molecule has 0 atom stereocenters. The Balaban J connectivity index is 1.69. The van der Waals surface area contributed by atoms with E-state index in [9.17, 15) is 13.6 Å². The third kappa shape index (κ3) is 5.52. The molecule has 0 unspecified atom stereocenters. The Kier molecular flexibility index (Phi) is 6.38. The van der Waals surface area contributed by atoms with Crippen LogP contribution in [-0.2, 0) is 11.3 Å². The molecule has 2 aromatic carbocycles. The van der Waals surface area contributed by atoms with E-state index in [1.807, 2.05) is 6.07 Å². The molecule has 138 valence electrons. The van der Waals surface area contributed by atoms with Gasteiger partial charge in [-0.3, -0.25) is 4.98 Å². The topological polar surface area (TPSA) is 51.2 Å². The first-order valence-electron chi connectivity index (χ1n) is 8.10. The summed E-state index contributed by atoms with van der Waals surface area (Å²) in [6.07, 6.45) is 1.63. The number of ether oxygens (including phenoxy) is 1. The highest BCUT2D eigenvalue weighted by molar-refractivity contribution is 7.99. The minimum Gasteiger partial charge on any atom is -0.456 e. The third-order valence-electron chi connectivity index (χ3n) is 3.58. The van der Waals surface area contributed by atoms with Gasteiger partial charge in [0.1, 0.15) is 6.61 Å². The molecule has 0 amide bonds. The molecular formula is C20H16F2N2O2S. The van der Waals surface area contributed by atoms with Gasteiger partial charge in [0.15, 0.2) is 0 Å². The molecule has 4 nitrogen and oxygen atoms in total. The van der Waals surface area contributed by atoms with Crippen LogP contribution in [0.25, 0.3) is 0 Å². The number of benzene rings is 2. The number of rotatable bonds is 7. The number of esters is 1. The zero-order chi connectivity index (χ0) is 19.1. The molecule has 0 fully saturated rings. The van der Waals surface area contributed by atoms with E-state index < -0.39 is 11.7 Å². The lowest BCUT2D eigenvalue weighted by molar-refractivity contribution is 0.0469. The molecular weight excluding hydrogens is 370 g/mol. The van der Waals surface area contributed by atoms with Gasteiger partial charge in [-0.15, -0.1) is 0 Å². The van der Waals surface area contributed by atoms with Crippen LogP contribution in [0.2, 0.25) is 0 Å². The number of aromatic nitrogens is 1. The maximum absolute atomic E-state index is 12.4. The molecule has 0 radical (unpaired) electrons. The summed E-state index contributed by atoms with van der Waals surface area (Å²) in [7, 11) is 0. The average molecular weight is 386 g/mol. The third-order valence-corrected chi connectivity index (χ3v) is 4.31. The highest BCUT2D eigenvalue weighted by Crippen LogP contribution is 2.28. The first-order valence-corrected chi connectivity index (χ1v) is 8.98. The monoisotopic (exact) mass is 386 g/mol. The van der Waals surface area contributed by atoms with Gasteiger partial charge < -0.3 is 10.1 Å². The van der Waals surface area contributed by atoms with Crippen LogP contribution in [0, 0.1) is 0 Å². The molecule has 3 aromatic rings. The zero-order valence-electron chi connectivity index (χ0n) is 14.1. The van der Waals surface area contributed by atoms with Gasteiger partial charge in [0, 0.05) is 16.8 Å². The molecule has 1 N–H and O–H groups in total. The summed E-state index contributed by atoms with van der Waals surface area (Å²) in [6.45, 7) is 0.0769. The second-order valence-corrected chi connectivity index (χ2v) is 6.53. The van der Waals surface area contributed by atoms with Crippen molar-refractivity contribution in [2.75, 3.05) is 5.32 Å². The number of alkyl halides is 2. The van der Waals surface area contributed by atoms with Crippen molar-refractivity contribution in [3.05, 3.63) is 84.2 Å². The standard InChI is InChI=1S/C20H16F2N2O2S/c21-20(22)27-16-10-8-14(9-11-16)24-18-7-2-1-6-17(18)19(25)26-13-15-5-3-4-12-23-15/h1-12,20,24H,13H2. The smallest absolute Gasteiger partial charge is 0.340 e. The van der Waals surface area contributed by atoms with Crippen LogP contribution in [0.4, 0.5) is 20.2 Å². The number of thioether (sulfide) groups is 1. The number of hydrogen-bond donors (Lipinski definition) is 1. The molecule has 0 spiro atoms. The summed E-state index contributed by atoms with van der Waals surface area (Å²) >= 11 is 0.485. The van der Waals surface area contributed by atoms with Crippen LogP contribution in [-0.4, -0.2) is 16.7 Å². The lowest BCUT2D eigenvalue weighted by Gasteiger charge is -2.12. The molecule has 1 heterocycles. The van der Waals surface area contributed by atoms with Gasteiger partial charge in [0.05, 0.1) is 16.9 Å². The van der Waals surface area contributed by atoms with Gasteiger partial charge in [-0.05, 0) is 48.5 Å². The Morgan fingerprint density at radius 1 is 1.04 bits per heavy atom. The van der Waals surface area contributed by atoms with Crippen molar-refractivity contribution in [3.8, 4) is 0 Å². The van der Waals surface area contributed by atoms with Gasteiger partial charge in [-0.1, -0.05) is 30.0 Å². The van der Waals surface area contributed by atoms with Crippen LogP contribution < -0.4 is 5.32 Å². The summed E-state index contributed by atoms with van der Waals surface area (Å²) < 4.78 is 30.1. The highest BCUT2D eigenvalue weighted by Gasteiger charge is 2.13. The highest BCUT2D eigenvalue weighted by atomic mass is 32.2. The molecule has 0 aliphatic carbocycles. The number of anilines is 2. The van der Waals surface area contributed by atoms with Crippen LogP contribution >= 0.6 is 11.8 Å². The minimum atomic E-state index is -2.46. The average Bonchev–Trinajstić information content (AvgIpc) is 2.68. The predicted octanol–water partition coefficient (Wildman–Crippen LogP) is 5.50. The second kappa shape index (κ2) is 9.14. The number of pyridine rings is 1. The zero-order valence-corrected chi connectivity index (χ0v) is 15.0. The van der Waals surface area contributed by atoms with Crippen LogP contribution in [0.15, 0.2) is 77.8 Å². The van der Waals surface area contributed by atoms with E-state index in [0.717, 1.165) is 0 Å². The predicted molar refractivity (Wildman–Crippen MR) is 101 cm³/mol. The number of nitrogens with zero attached hydrogens (tertiary/aromatic N) is 1. The fraction of sp³-hybridized carbons (Fsp3) is 0.100. The van der Waals surface area contributed by atoms with E-state index in [0.29, 0.717) is 39.3 Å². The fourth-order valence-corrected chi connectivity index (χ4v) is 2.85. The van der Waals surface area contributed by atoms with E-state index >= 15 is 0 Å². The Morgan fingerprint density at radius 3 is 2.48 bits per heavy atom. The number of carbonyl (C=O) groups excluding carboxylic acids is 1. The fourth-order valence-electron chi connectivity index (χ4n) is 2.35. The van der Waals surface area contributed by atoms with Gasteiger partial charge in [0.2, 0.25) is 0 Å². The lowest BCUT2D eigenvalue weighted by Crippen LogP contribution is -2.08. The first kappa shape index (κ1) is 18.8. The van der Waals surface area contributed by atoms with Crippen LogP contribution in [0.3, 0.4) is 0 Å². The van der Waals surface area contributed by atoms with E-state index in [4.69, 9.17) is 4.74 Å². The Hall–Kier alpha value is -2.93. The van der Waals surface area contributed by atoms with Crippen molar-refractivity contribution in [2.24, 2.45) is 0 Å². The van der Waals surface area contributed by atoms with Crippen LogP contribution in [0.1, 0.15) is 16.1 Å². The van der Waals surface area contributed by atoms with Crippen molar-refractivity contribution >= 4 is 29.1 Å². The molecule has 0 aliphatic rings. The van der Waals surface area contributed by atoms with Crippen molar-refractivity contribution in [3.63, 3.8) is 0 Å². The Morgan fingerprint density at radius 2 is 1.78 bits per heavy atom. The normalized spacial score (nSPS) is 10.6. The summed E-state index contributed by atoms with van der Waals surface area (Å²) in [6, 6.07) is 18.9. The van der Waals surface area contributed by atoms with E-state index in [2.05, 4.69) is 10.3 Å². The van der Waals surface area contributed by atoms with E-state index in [1.165, 1.54) is 0 Å². The minimum absolute atomic E-state index is 0.0769. The Bertz CT molecular complexity index is 890. The van der Waals surface area contributed by atoms with Gasteiger partial charge >= 0.3 is 5.97 Å². The van der Waals surface area contributed by atoms with Crippen molar-refractivity contribution in [1.29, 1.82) is 0 Å². The van der Waals surface area contributed by atoms with E-state index in [1.54, 1.807) is 66.9 Å². The largest absolute Gasteiger partial charge is 0.456 e. The van der Waals surface area contributed by atoms with Gasteiger partial charge in [-0.25, -0.2) is 4.79 Å². The summed E-state index contributed by atoms with van der Waals surface area (Å²) in [5, 5.41) is 3.12.